The van der Waals surface area contributed by atoms with E-state index in [1.165, 1.54) is 18.0 Å². The highest BCUT2D eigenvalue weighted by Crippen LogP contribution is 2.33. The average molecular weight is 445 g/mol. The van der Waals surface area contributed by atoms with Crippen LogP contribution in [0.3, 0.4) is 0 Å². The summed E-state index contributed by atoms with van der Waals surface area (Å²) in [5.74, 6) is -3.12. The van der Waals surface area contributed by atoms with E-state index in [9.17, 15) is 18.4 Å². The highest BCUT2D eigenvalue weighted by Gasteiger charge is 2.32. The number of nitrogens with zero attached hydrogens (tertiary/aromatic N) is 2. The molecule has 0 radical (unpaired) electrons. The predicted molar refractivity (Wildman–Crippen MR) is 120 cm³/mol. The average Bonchev–Trinajstić information content (AvgIpc) is 2.93. The minimum atomic E-state index is -2.71. The molecule has 3 aromatic rings. The van der Waals surface area contributed by atoms with Crippen molar-refractivity contribution in [2.24, 2.45) is 0 Å². The number of carbonyl (C=O) groups is 1. The van der Waals surface area contributed by atoms with Gasteiger partial charge in [-0.15, -0.1) is 11.8 Å². The first-order valence-electron chi connectivity index (χ1n) is 9.96. The number of carbonyl (C=O) groups excluding carboxylic acids is 1. The second kappa shape index (κ2) is 8.66. The van der Waals surface area contributed by atoms with Gasteiger partial charge in [-0.05, 0) is 48.4 Å². The van der Waals surface area contributed by atoms with Crippen LogP contribution in [0.5, 0.6) is 0 Å². The molecule has 0 atom stereocenters. The number of halogens is 2. The summed E-state index contributed by atoms with van der Waals surface area (Å²) in [6, 6.07) is 8.45. The molecule has 162 valence electrons. The van der Waals surface area contributed by atoms with Crippen LogP contribution in [0.1, 0.15) is 29.6 Å². The number of anilines is 2. The van der Waals surface area contributed by atoms with Crippen LogP contribution in [0, 0.1) is 0 Å². The Kier molecular flexibility index (Phi) is 5.95. The summed E-state index contributed by atoms with van der Waals surface area (Å²) in [5, 5.41) is 4.63. The zero-order valence-corrected chi connectivity index (χ0v) is 17.8. The summed E-state index contributed by atoms with van der Waals surface area (Å²) in [7, 11) is 0. The van der Waals surface area contributed by atoms with E-state index in [0.717, 1.165) is 5.03 Å². The zero-order chi connectivity index (χ0) is 22.0. The van der Waals surface area contributed by atoms with Crippen LogP contribution in [0.15, 0.2) is 52.5 Å². The molecular weight excluding hydrogens is 422 g/mol. The van der Waals surface area contributed by atoms with Gasteiger partial charge in [0.1, 0.15) is 0 Å². The molecule has 1 amide bonds. The second-order valence-corrected chi connectivity index (χ2v) is 8.33. The lowest BCUT2D eigenvalue weighted by atomic mass is 10.0. The van der Waals surface area contributed by atoms with E-state index in [1.807, 2.05) is 11.2 Å². The van der Waals surface area contributed by atoms with Gasteiger partial charge >= 0.3 is 0 Å². The SMILES string of the molecule is CSc1cc(NC(=O)c2cc3c(=O)[nH]ccc3cc2N2CCCC(F)(F)CC2)ccn1. The van der Waals surface area contributed by atoms with Crippen LogP contribution in [0.25, 0.3) is 10.8 Å². The molecule has 31 heavy (non-hydrogen) atoms. The number of rotatable bonds is 4. The fourth-order valence-corrected chi connectivity index (χ4v) is 4.18. The second-order valence-electron chi connectivity index (χ2n) is 7.50. The number of thioether (sulfide) groups is 1. The Hall–Kier alpha value is -2.94. The molecule has 1 aliphatic rings. The van der Waals surface area contributed by atoms with Gasteiger partial charge < -0.3 is 15.2 Å². The van der Waals surface area contributed by atoms with Gasteiger partial charge in [-0.25, -0.2) is 13.8 Å². The predicted octanol–water partition coefficient (Wildman–Crippen LogP) is 4.52. The smallest absolute Gasteiger partial charge is 0.257 e. The maximum atomic E-state index is 13.9. The van der Waals surface area contributed by atoms with Gasteiger partial charge in [0.2, 0.25) is 5.92 Å². The molecule has 1 aromatic carbocycles. The van der Waals surface area contributed by atoms with Crippen molar-refractivity contribution in [3.05, 3.63) is 58.6 Å². The van der Waals surface area contributed by atoms with Gasteiger partial charge in [0.15, 0.2) is 0 Å². The van der Waals surface area contributed by atoms with Gasteiger partial charge in [0.05, 0.1) is 16.3 Å². The van der Waals surface area contributed by atoms with Crippen LogP contribution in [-0.2, 0) is 0 Å². The van der Waals surface area contributed by atoms with Gasteiger partial charge in [-0.1, -0.05) is 0 Å². The standard InChI is InChI=1S/C22H22F2N4O2S/c1-31-19-12-15(4-8-25-19)27-21(30)17-13-16-14(3-7-26-20(16)29)11-18(17)28-9-2-5-22(23,24)6-10-28/h3-4,7-8,11-13H,2,5-6,9-10H2,1H3,(H,26,29)(H,25,27,30). The lowest BCUT2D eigenvalue weighted by Crippen LogP contribution is -2.28. The van der Waals surface area contributed by atoms with E-state index in [1.54, 1.807) is 36.5 Å². The molecule has 0 spiro atoms. The van der Waals surface area contributed by atoms with Crippen molar-refractivity contribution < 1.29 is 13.6 Å². The molecule has 1 fully saturated rings. The largest absolute Gasteiger partial charge is 0.371 e. The number of alkyl halides is 2. The van der Waals surface area contributed by atoms with Crippen molar-refractivity contribution in [1.29, 1.82) is 0 Å². The third-order valence-electron chi connectivity index (χ3n) is 5.40. The van der Waals surface area contributed by atoms with Crippen molar-refractivity contribution in [2.75, 3.05) is 29.6 Å². The quantitative estimate of drug-likeness (QED) is 0.579. The number of pyridine rings is 2. The van der Waals surface area contributed by atoms with Crippen molar-refractivity contribution in [1.82, 2.24) is 9.97 Å². The molecule has 3 heterocycles. The van der Waals surface area contributed by atoms with Gasteiger partial charge in [0, 0.05) is 49.4 Å². The fraction of sp³-hybridized carbons (Fsp3) is 0.318. The summed E-state index contributed by atoms with van der Waals surface area (Å²) < 4.78 is 27.8. The monoisotopic (exact) mass is 444 g/mol. The van der Waals surface area contributed by atoms with Crippen molar-refractivity contribution >= 4 is 39.8 Å². The van der Waals surface area contributed by atoms with Crippen LogP contribution in [-0.4, -0.2) is 41.1 Å². The molecule has 2 N–H and O–H groups in total. The molecule has 0 aliphatic carbocycles. The molecule has 2 aromatic heterocycles. The molecule has 9 heteroatoms. The maximum absolute atomic E-state index is 13.9. The Morgan fingerprint density at radius 2 is 2.06 bits per heavy atom. The van der Waals surface area contributed by atoms with Crippen molar-refractivity contribution in [3.63, 3.8) is 0 Å². The van der Waals surface area contributed by atoms with Crippen LogP contribution in [0.4, 0.5) is 20.2 Å². The molecule has 1 saturated heterocycles. The Labute approximate surface area is 182 Å². The Balaban J connectivity index is 1.76. The number of benzene rings is 1. The first-order chi connectivity index (χ1) is 14.9. The molecular formula is C22H22F2N4O2S. The first kappa shape index (κ1) is 21.3. The lowest BCUT2D eigenvalue weighted by molar-refractivity contribution is -0.0102. The molecule has 0 unspecified atom stereocenters. The molecule has 0 saturated carbocycles. The number of nitrogens with one attached hydrogen (secondary N) is 2. The number of amides is 1. The van der Waals surface area contributed by atoms with E-state index in [-0.39, 0.29) is 30.5 Å². The number of aromatic amines is 1. The topological polar surface area (TPSA) is 78.1 Å². The minimum absolute atomic E-state index is 0.133. The third-order valence-corrected chi connectivity index (χ3v) is 6.04. The van der Waals surface area contributed by atoms with Gasteiger partial charge in [0.25, 0.3) is 11.5 Å². The van der Waals surface area contributed by atoms with E-state index in [0.29, 0.717) is 35.1 Å². The summed E-state index contributed by atoms with van der Waals surface area (Å²) in [5.41, 5.74) is 1.08. The maximum Gasteiger partial charge on any atom is 0.257 e. The highest BCUT2D eigenvalue weighted by molar-refractivity contribution is 7.98. The van der Waals surface area contributed by atoms with Crippen molar-refractivity contribution in [3.8, 4) is 0 Å². The lowest BCUT2D eigenvalue weighted by Gasteiger charge is -2.26. The fourth-order valence-electron chi connectivity index (χ4n) is 3.77. The number of aromatic nitrogens is 2. The highest BCUT2D eigenvalue weighted by atomic mass is 32.2. The van der Waals surface area contributed by atoms with E-state index >= 15 is 0 Å². The first-order valence-corrected chi connectivity index (χ1v) is 11.2. The van der Waals surface area contributed by atoms with E-state index in [4.69, 9.17) is 0 Å². The summed E-state index contributed by atoms with van der Waals surface area (Å²) in [4.78, 5) is 34.2. The summed E-state index contributed by atoms with van der Waals surface area (Å²) in [6.07, 6.45) is 4.89. The van der Waals surface area contributed by atoms with E-state index < -0.39 is 11.8 Å². The van der Waals surface area contributed by atoms with E-state index in [2.05, 4.69) is 15.3 Å². The van der Waals surface area contributed by atoms with Gasteiger partial charge in [-0.3, -0.25) is 9.59 Å². The van der Waals surface area contributed by atoms with Crippen LogP contribution >= 0.6 is 11.8 Å². The third kappa shape index (κ3) is 4.71. The summed E-state index contributed by atoms with van der Waals surface area (Å²) >= 11 is 1.45. The Morgan fingerprint density at radius 1 is 1.23 bits per heavy atom. The van der Waals surface area contributed by atoms with Crippen LogP contribution in [0.2, 0.25) is 0 Å². The number of fused-ring (bicyclic) bond motifs is 1. The number of hydrogen-bond donors (Lipinski definition) is 2. The van der Waals surface area contributed by atoms with Crippen molar-refractivity contribution in [2.45, 2.75) is 30.2 Å². The number of H-pyrrole nitrogens is 1. The number of hydrogen-bond acceptors (Lipinski definition) is 5. The molecule has 4 rings (SSSR count). The Morgan fingerprint density at radius 3 is 2.87 bits per heavy atom. The van der Waals surface area contributed by atoms with Gasteiger partial charge in [-0.2, -0.15) is 0 Å². The molecule has 1 aliphatic heterocycles. The normalized spacial score (nSPS) is 16.2. The zero-order valence-electron chi connectivity index (χ0n) is 17.0. The summed E-state index contributed by atoms with van der Waals surface area (Å²) in [6.45, 7) is 0.546. The molecule has 0 bridgehead atoms. The Bertz CT molecular complexity index is 1180. The minimum Gasteiger partial charge on any atom is -0.371 e. The van der Waals surface area contributed by atoms with Crippen LogP contribution < -0.4 is 15.8 Å². The molecule has 6 nitrogen and oxygen atoms in total.